The van der Waals surface area contributed by atoms with E-state index in [-0.39, 0.29) is 36.8 Å². The minimum absolute atomic E-state index is 0.0166. The lowest BCUT2D eigenvalue weighted by molar-refractivity contribution is -0.141. The van der Waals surface area contributed by atoms with Crippen LogP contribution in [0.1, 0.15) is 25.3 Å². The van der Waals surface area contributed by atoms with Crippen LogP contribution in [0.5, 0.6) is 5.75 Å². The van der Waals surface area contributed by atoms with Crippen molar-refractivity contribution in [2.24, 2.45) is 5.73 Å². The Kier molecular flexibility index (Phi) is 7.39. The molecule has 0 unspecified atom stereocenters. The number of benzene rings is 1. The number of nitrogens with two attached hydrogens (primary N) is 1. The van der Waals surface area contributed by atoms with Crippen molar-refractivity contribution in [2.75, 3.05) is 13.2 Å². The van der Waals surface area contributed by atoms with Crippen LogP contribution in [-0.2, 0) is 19.1 Å². The molecule has 1 aromatic carbocycles. The van der Waals surface area contributed by atoms with Gasteiger partial charge in [-0.25, -0.2) is 4.39 Å². The number of carbonyl (C=O) groups excluding carboxylic acids is 3. The highest BCUT2D eigenvalue weighted by Crippen LogP contribution is 2.30. The van der Waals surface area contributed by atoms with E-state index in [4.69, 9.17) is 27.4 Å². The summed E-state index contributed by atoms with van der Waals surface area (Å²) in [7, 11) is 0. The van der Waals surface area contributed by atoms with Gasteiger partial charge < -0.3 is 20.5 Å². The van der Waals surface area contributed by atoms with Gasteiger partial charge in [0, 0.05) is 31.4 Å². The molecule has 28 heavy (non-hydrogen) atoms. The molecular weight excluding hydrogens is 387 g/mol. The maximum atomic E-state index is 13.9. The van der Waals surface area contributed by atoms with E-state index in [9.17, 15) is 18.8 Å². The molecule has 2 amide bonds. The lowest BCUT2D eigenvalue weighted by Crippen LogP contribution is -2.29. The molecule has 1 aromatic rings. The van der Waals surface area contributed by atoms with Crippen LogP contribution in [0.15, 0.2) is 35.9 Å². The van der Waals surface area contributed by atoms with Gasteiger partial charge in [-0.1, -0.05) is 23.9 Å². The summed E-state index contributed by atoms with van der Waals surface area (Å²) in [6.45, 7) is 1.33. The van der Waals surface area contributed by atoms with Crippen molar-refractivity contribution < 1.29 is 28.2 Å². The zero-order chi connectivity index (χ0) is 20.7. The van der Waals surface area contributed by atoms with Crippen LogP contribution in [0.2, 0.25) is 0 Å². The van der Waals surface area contributed by atoms with Gasteiger partial charge in [-0.05, 0) is 23.8 Å². The van der Waals surface area contributed by atoms with E-state index in [1.807, 2.05) is 0 Å². The Morgan fingerprint density at radius 2 is 2.04 bits per heavy atom. The van der Waals surface area contributed by atoms with Crippen molar-refractivity contribution >= 4 is 40.6 Å². The highest BCUT2D eigenvalue weighted by atomic mass is 32.1. The van der Waals surface area contributed by atoms with Crippen molar-refractivity contribution in [3.05, 3.63) is 47.3 Å². The largest absolute Gasteiger partial charge is 0.489 e. The number of rotatable bonds is 7. The van der Waals surface area contributed by atoms with Crippen LogP contribution in [-0.4, -0.2) is 36.0 Å². The standard InChI is InChI=1S/C19H19FN2O5S/c1-11(23)26-4-5-27-16-3-2-14(20)10-15(16)13-6-12(7-17(21)24)8-19(28)22-18(25)9-13/h2-3,6,9-10H,4-5,7-8H2,1H3,(H2,21,24)(H,22,25,28). The predicted molar refractivity (Wildman–Crippen MR) is 104 cm³/mol. The quantitative estimate of drug-likeness (QED) is 0.406. The van der Waals surface area contributed by atoms with Crippen LogP contribution < -0.4 is 15.8 Å². The van der Waals surface area contributed by atoms with Crippen molar-refractivity contribution in [2.45, 2.75) is 19.8 Å². The molecule has 0 atom stereocenters. The summed E-state index contributed by atoms with van der Waals surface area (Å²) in [6, 6.07) is 3.82. The zero-order valence-corrected chi connectivity index (χ0v) is 15.9. The van der Waals surface area contributed by atoms with Gasteiger partial charge in [0.05, 0.1) is 4.99 Å². The van der Waals surface area contributed by atoms with Crippen molar-refractivity contribution in [1.82, 2.24) is 5.32 Å². The molecule has 0 bridgehead atoms. The Balaban J connectivity index is 2.39. The molecule has 1 heterocycles. The number of esters is 1. The number of amides is 2. The van der Waals surface area contributed by atoms with E-state index in [1.165, 1.54) is 31.2 Å². The molecule has 2 rings (SSSR count). The van der Waals surface area contributed by atoms with Crippen LogP contribution in [0.25, 0.3) is 5.57 Å². The third kappa shape index (κ3) is 6.58. The second kappa shape index (κ2) is 9.75. The van der Waals surface area contributed by atoms with E-state index in [0.717, 1.165) is 0 Å². The van der Waals surface area contributed by atoms with E-state index in [0.29, 0.717) is 16.7 Å². The van der Waals surface area contributed by atoms with Gasteiger partial charge in [0.1, 0.15) is 24.8 Å². The lowest BCUT2D eigenvalue weighted by atomic mass is 9.97. The molecule has 1 aliphatic heterocycles. The maximum Gasteiger partial charge on any atom is 0.302 e. The van der Waals surface area contributed by atoms with Gasteiger partial charge in [0.25, 0.3) is 0 Å². The fraction of sp³-hybridized carbons (Fsp3) is 0.263. The number of halogens is 1. The van der Waals surface area contributed by atoms with E-state index >= 15 is 0 Å². The molecule has 0 fully saturated rings. The highest BCUT2D eigenvalue weighted by molar-refractivity contribution is 7.80. The first-order valence-electron chi connectivity index (χ1n) is 8.34. The topological polar surface area (TPSA) is 108 Å². The minimum atomic E-state index is -0.558. The van der Waals surface area contributed by atoms with Gasteiger partial charge in [-0.3, -0.25) is 14.4 Å². The Hall–Kier alpha value is -3.07. The fourth-order valence-corrected chi connectivity index (χ4v) is 2.85. The summed E-state index contributed by atoms with van der Waals surface area (Å²) in [4.78, 5) is 34.5. The van der Waals surface area contributed by atoms with Crippen LogP contribution in [0.4, 0.5) is 4.39 Å². The van der Waals surface area contributed by atoms with Crippen molar-refractivity contribution in [3.8, 4) is 5.75 Å². The summed E-state index contributed by atoms with van der Waals surface area (Å²) >= 11 is 5.07. The molecule has 0 aromatic heterocycles. The van der Waals surface area contributed by atoms with Crippen molar-refractivity contribution in [1.29, 1.82) is 0 Å². The molecule has 1 aliphatic rings. The third-order valence-corrected chi connectivity index (χ3v) is 3.84. The number of hydrogen-bond donors (Lipinski definition) is 2. The number of carbonyl (C=O) groups is 3. The highest BCUT2D eigenvalue weighted by Gasteiger charge is 2.17. The number of hydrogen-bond acceptors (Lipinski definition) is 6. The lowest BCUT2D eigenvalue weighted by Gasteiger charge is -2.16. The molecule has 148 valence electrons. The molecule has 0 saturated carbocycles. The van der Waals surface area contributed by atoms with E-state index in [1.54, 1.807) is 6.08 Å². The SMILES string of the molecule is CC(=O)OCCOc1ccc(F)cc1C1=CC(=O)NC(=S)CC(CC(N)=O)=C1. The molecule has 0 saturated heterocycles. The number of allylic oxidation sites excluding steroid dienone is 2. The van der Waals surface area contributed by atoms with Gasteiger partial charge >= 0.3 is 5.97 Å². The summed E-state index contributed by atoms with van der Waals surface area (Å²) in [6.07, 6.45) is 2.91. The van der Waals surface area contributed by atoms with Crippen LogP contribution in [0.3, 0.4) is 0 Å². The molecule has 3 N–H and O–H groups in total. The Labute approximate surface area is 166 Å². The smallest absolute Gasteiger partial charge is 0.302 e. The Bertz CT molecular complexity index is 879. The van der Waals surface area contributed by atoms with Gasteiger partial charge in [-0.15, -0.1) is 0 Å². The number of ether oxygens (including phenoxy) is 2. The minimum Gasteiger partial charge on any atom is -0.489 e. The normalized spacial score (nSPS) is 14.2. The molecule has 0 spiro atoms. The second-order valence-electron chi connectivity index (χ2n) is 5.96. The molecule has 7 nitrogen and oxygen atoms in total. The molecule has 0 aliphatic carbocycles. The van der Waals surface area contributed by atoms with Gasteiger partial charge in [0.2, 0.25) is 11.8 Å². The number of nitrogens with one attached hydrogen (secondary N) is 1. The first-order chi connectivity index (χ1) is 13.2. The molecular formula is C19H19FN2O5S. The number of primary amides is 1. The average Bonchev–Trinajstić information content (AvgIpc) is 2.56. The summed E-state index contributed by atoms with van der Waals surface area (Å²) < 4.78 is 24.3. The Morgan fingerprint density at radius 1 is 1.29 bits per heavy atom. The fourth-order valence-electron chi connectivity index (χ4n) is 2.56. The van der Waals surface area contributed by atoms with Gasteiger partial charge in [0.15, 0.2) is 0 Å². The van der Waals surface area contributed by atoms with E-state index in [2.05, 4.69) is 5.32 Å². The van der Waals surface area contributed by atoms with Gasteiger partial charge in [-0.2, -0.15) is 0 Å². The summed E-state index contributed by atoms with van der Waals surface area (Å²) in [5, 5.41) is 2.51. The third-order valence-electron chi connectivity index (χ3n) is 3.60. The van der Waals surface area contributed by atoms with E-state index < -0.39 is 23.6 Å². The van der Waals surface area contributed by atoms with Crippen LogP contribution in [0, 0.1) is 5.82 Å². The van der Waals surface area contributed by atoms with Crippen molar-refractivity contribution in [3.63, 3.8) is 0 Å². The van der Waals surface area contributed by atoms with Crippen LogP contribution >= 0.6 is 12.2 Å². The average molecular weight is 406 g/mol. The zero-order valence-electron chi connectivity index (χ0n) is 15.1. The Morgan fingerprint density at radius 3 is 2.71 bits per heavy atom. The predicted octanol–water partition coefficient (Wildman–Crippen LogP) is 1.80. The molecule has 9 heteroatoms. The maximum absolute atomic E-state index is 13.9. The summed E-state index contributed by atoms with van der Waals surface area (Å²) in [5.41, 5.74) is 6.47. The first kappa shape index (κ1) is 21.2. The first-order valence-corrected chi connectivity index (χ1v) is 8.74. The second-order valence-corrected chi connectivity index (χ2v) is 6.46. The molecule has 0 radical (unpaired) electrons. The summed E-state index contributed by atoms with van der Waals surface area (Å²) in [5.74, 6) is -1.74. The monoisotopic (exact) mass is 406 g/mol. The number of thiocarbonyl (C=S) groups is 1.